The highest BCUT2D eigenvalue weighted by molar-refractivity contribution is 9.11. The monoisotopic (exact) mass is 400 g/mol. The van der Waals surface area contributed by atoms with Crippen molar-refractivity contribution < 1.29 is 9.90 Å². The first-order chi connectivity index (χ1) is 9.52. The molecule has 1 aromatic carbocycles. The van der Waals surface area contributed by atoms with Crippen molar-refractivity contribution >= 4 is 37.8 Å². The minimum atomic E-state index is -0.785. The Kier molecular flexibility index (Phi) is 3.37. The van der Waals surface area contributed by atoms with Gasteiger partial charge in [-0.05, 0) is 41.5 Å². The lowest BCUT2D eigenvalue weighted by molar-refractivity contribution is -0.144. The number of carboxylic acid groups (broad SMARTS) is 1. The lowest BCUT2D eigenvalue weighted by Crippen LogP contribution is -2.22. The Morgan fingerprint density at radius 2 is 2.15 bits per heavy atom. The number of aromatic nitrogens is 4. The van der Waals surface area contributed by atoms with Gasteiger partial charge in [0, 0.05) is 14.5 Å². The number of hydrogen-bond acceptors (Lipinski definition) is 4. The first-order valence-corrected chi connectivity index (χ1v) is 7.55. The number of tetrazole rings is 1. The van der Waals surface area contributed by atoms with E-state index in [1.54, 1.807) is 4.68 Å². The van der Waals surface area contributed by atoms with Crippen LogP contribution in [-0.4, -0.2) is 31.3 Å². The molecule has 0 saturated heterocycles. The van der Waals surface area contributed by atoms with E-state index in [0.29, 0.717) is 25.2 Å². The Balaban J connectivity index is 1.98. The SMILES string of the molecule is O=C(O)C1(Cn2nnnc2-c2cc(Br)ccc2Br)CC1. The zero-order valence-electron chi connectivity index (χ0n) is 10.3. The highest BCUT2D eigenvalue weighted by Crippen LogP contribution is 2.47. The molecule has 0 unspecified atom stereocenters. The Bertz CT molecular complexity index is 682. The van der Waals surface area contributed by atoms with Gasteiger partial charge in [0.15, 0.2) is 5.82 Å². The van der Waals surface area contributed by atoms with Gasteiger partial charge in [0.25, 0.3) is 0 Å². The molecule has 1 aliphatic rings. The molecule has 0 radical (unpaired) electrons. The molecule has 1 aliphatic carbocycles. The molecule has 1 heterocycles. The minimum absolute atomic E-state index is 0.295. The van der Waals surface area contributed by atoms with Crippen LogP contribution in [0.25, 0.3) is 11.4 Å². The van der Waals surface area contributed by atoms with E-state index in [1.165, 1.54) is 0 Å². The molecule has 6 nitrogen and oxygen atoms in total. The lowest BCUT2D eigenvalue weighted by Gasteiger charge is -2.11. The summed E-state index contributed by atoms with van der Waals surface area (Å²) in [5.74, 6) is -0.224. The molecular formula is C12H10Br2N4O2. The van der Waals surface area contributed by atoms with Gasteiger partial charge in [-0.1, -0.05) is 31.9 Å². The van der Waals surface area contributed by atoms with Crippen LogP contribution in [0, 0.1) is 5.41 Å². The van der Waals surface area contributed by atoms with Crippen molar-refractivity contribution in [1.82, 2.24) is 20.2 Å². The predicted molar refractivity (Wildman–Crippen MR) is 78.0 cm³/mol. The summed E-state index contributed by atoms with van der Waals surface area (Å²) in [6, 6.07) is 5.69. The Labute approximate surface area is 131 Å². The molecule has 0 spiro atoms. The summed E-state index contributed by atoms with van der Waals surface area (Å²) in [7, 11) is 0. The standard InChI is InChI=1S/C12H10Br2N4O2/c13-7-1-2-9(14)8(5-7)10-15-16-17-18(10)6-12(3-4-12)11(19)20/h1-2,5H,3-4,6H2,(H,19,20). The molecule has 8 heteroatoms. The van der Waals surface area contributed by atoms with Crippen molar-refractivity contribution in [2.24, 2.45) is 5.41 Å². The van der Waals surface area contributed by atoms with Crippen LogP contribution in [0.5, 0.6) is 0 Å². The lowest BCUT2D eigenvalue weighted by atomic mass is 10.1. The van der Waals surface area contributed by atoms with Crippen molar-refractivity contribution in [3.8, 4) is 11.4 Å². The molecule has 1 aromatic heterocycles. The second-order valence-electron chi connectivity index (χ2n) is 4.87. The smallest absolute Gasteiger partial charge is 0.311 e. The van der Waals surface area contributed by atoms with E-state index in [0.717, 1.165) is 14.5 Å². The minimum Gasteiger partial charge on any atom is -0.481 e. The van der Waals surface area contributed by atoms with Gasteiger partial charge in [-0.25, -0.2) is 4.68 Å². The van der Waals surface area contributed by atoms with E-state index in [9.17, 15) is 9.90 Å². The Morgan fingerprint density at radius 3 is 2.80 bits per heavy atom. The number of rotatable bonds is 4. The van der Waals surface area contributed by atoms with Gasteiger partial charge < -0.3 is 5.11 Å². The van der Waals surface area contributed by atoms with Gasteiger partial charge in [0.05, 0.1) is 12.0 Å². The summed E-state index contributed by atoms with van der Waals surface area (Å²) in [5, 5.41) is 20.9. The van der Waals surface area contributed by atoms with Crippen LogP contribution in [0.15, 0.2) is 27.1 Å². The molecule has 0 aliphatic heterocycles. The van der Waals surface area contributed by atoms with E-state index < -0.39 is 11.4 Å². The predicted octanol–water partition coefficient (Wildman–Crippen LogP) is 2.73. The van der Waals surface area contributed by atoms with E-state index in [-0.39, 0.29) is 0 Å². The summed E-state index contributed by atoms with van der Waals surface area (Å²) in [6.45, 7) is 0.295. The summed E-state index contributed by atoms with van der Waals surface area (Å²) in [4.78, 5) is 11.3. The van der Waals surface area contributed by atoms with Gasteiger partial charge in [-0.2, -0.15) is 0 Å². The fourth-order valence-corrected chi connectivity index (χ4v) is 2.84. The van der Waals surface area contributed by atoms with Gasteiger partial charge >= 0.3 is 5.97 Å². The molecule has 0 bridgehead atoms. The molecule has 1 N–H and O–H groups in total. The van der Waals surface area contributed by atoms with Crippen molar-refractivity contribution in [2.45, 2.75) is 19.4 Å². The van der Waals surface area contributed by atoms with Crippen molar-refractivity contribution in [3.05, 3.63) is 27.1 Å². The first kappa shape index (κ1) is 13.7. The van der Waals surface area contributed by atoms with Gasteiger partial charge in [0.2, 0.25) is 0 Å². The average molecular weight is 402 g/mol. The Hall–Kier alpha value is -1.28. The van der Waals surface area contributed by atoms with E-state index in [2.05, 4.69) is 47.4 Å². The van der Waals surface area contributed by atoms with E-state index in [1.807, 2.05) is 18.2 Å². The van der Waals surface area contributed by atoms with Crippen molar-refractivity contribution in [1.29, 1.82) is 0 Å². The average Bonchev–Trinajstić information content (AvgIpc) is 3.05. The third-order valence-electron chi connectivity index (χ3n) is 3.46. The van der Waals surface area contributed by atoms with Crippen LogP contribution >= 0.6 is 31.9 Å². The summed E-state index contributed by atoms with van der Waals surface area (Å²) in [6.07, 6.45) is 1.34. The molecule has 0 atom stereocenters. The largest absolute Gasteiger partial charge is 0.481 e. The molecule has 1 fully saturated rings. The number of hydrogen-bond donors (Lipinski definition) is 1. The number of aliphatic carboxylic acids is 1. The maximum absolute atomic E-state index is 11.3. The van der Waals surface area contributed by atoms with Gasteiger partial charge in [0.1, 0.15) is 0 Å². The zero-order chi connectivity index (χ0) is 14.3. The van der Waals surface area contributed by atoms with E-state index >= 15 is 0 Å². The highest BCUT2D eigenvalue weighted by atomic mass is 79.9. The quantitative estimate of drug-likeness (QED) is 0.851. The number of carboxylic acids is 1. The fraction of sp³-hybridized carbons (Fsp3) is 0.333. The van der Waals surface area contributed by atoms with Crippen LogP contribution in [-0.2, 0) is 11.3 Å². The summed E-state index contributed by atoms with van der Waals surface area (Å²) >= 11 is 6.87. The topological polar surface area (TPSA) is 80.9 Å². The normalized spacial score (nSPS) is 16.1. The molecule has 3 rings (SSSR count). The van der Waals surface area contributed by atoms with E-state index in [4.69, 9.17) is 0 Å². The van der Waals surface area contributed by atoms with Crippen LogP contribution < -0.4 is 0 Å². The van der Waals surface area contributed by atoms with Crippen LogP contribution in [0.1, 0.15) is 12.8 Å². The second-order valence-corrected chi connectivity index (χ2v) is 6.64. The zero-order valence-corrected chi connectivity index (χ0v) is 13.4. The fourth-order valence-electron chi connectivity index (χ4n) is 2.05. The third kappa shape index (κ3) is 2.37. The van der Waals surface area contributed by atoms with Crippen molar-refractivity contribution in [2.75, 3.05) is 0 Å². The second kappa shape index (κ2) is 4.92. The third-order valence-corrected chi connectivity index (χ3v) is 4.65. The number of benzene rings is 1. The van der Waals surface area contributed by atoms with Gasteiger partial charge in [-0.15, -0.1) is 5.10 Å². The van der Waals surface area contributed by atoms with Crippen molar-refractivity contribution in [3.63, 3.8) is 0 Å². The molecule has 2 aromatic rings. The Morgan fingerprint density at radius 1 is 1.40 bits per heavy atom. The molecular weight excluding hydrogens is 392 g/mol. The molecule has 104 valence electrons. The molecule has 20 heavy (non-hydrogen) atoms. The molecule has 1 saturated carbocycles. The van der Waals surface area contributed by atoms with Crippen LogP contribution in [0.3, 0.4) is 0 Å². The molecule has 0 amide bonds. The summed E-state index contributed by atoms with van der Waals surface area (Å²) < 4.78 is 3.33. The maximum atomic E-state index is 11.3. The number of carbonyl (C=O) groups is 1. The first-order valence-electron chi connectivity index (χ1n) is 5.97. The number of nitrogens with zero attached hydrogens (tertiary/aromatic N) is 4. The van der Waals surface area contributed by atoms with Gasteiger partial charge in [-0.3, -0.25) is 4.79 Å². The maximum Gasteiger partial charge on any atom is 0.311 e. The highest BCUT2D eigenvalue weighted by Gasteiger charge is 2.51. The summed E-state index contributed by atoms with van der Waals surface area (Å²) in [5.41, 5.74) is 0.119. The number of halogens is 2. The van der Waals surface area contributed by atoms with Crippen LogP contribution in [0.4, 0.5) is 0 Å². The van der Waals surface area contributed by atoms with Crippen LogP contribution in [0.2, 0.25) is 0 Å².